The number of benzene rings is 2. The van der Waals surface area contributed by atoms with Crippen LogP contribution < -0.4 is 5.73 Å². The number of thioether (sulfide) groups is 1. The van der Waals surface area contributed by atoms with Crippen LogP contribution in [0.1, 0.15) is 17.2 Å². The van der Waals surface area contributed by atoms with Gasteiger partial charge in [-0.1, -0.05) is 60.7 Å². The van der Waals surface area contributed by atoms with Gasteiger partial charge in [0.15, 0.2) is 12.1 Å². The molecule has 4 rings (SSSR count). The number of hydrogen-bond acceptors (Lipinski definition) is 5. The van der Waals surface area contributed by atoms with E-state index in [-0.39, 0.29) is 23.7 Å². The predicted molar refractivity (Wildman–Crippen MR) is 132 cm³/mol. The van der Waals surface area contributed by atoms with Crippen LogP contribution in [0.5, 0.6) is 0 Å². The summed E-state index contributed by atoms with van der Waals surface area (Å²) in [4.78, 5) is 27.4. The van der Waals surface area contributed by atoms with Crippen LogP contribution in [0.3, 0.4) is 0 Å². The Kier molecular flexibility index (Phi) is 8.04. The van der Waals surface area contributed by atoms with Crippen LogP contribution in [0.25, 0.3) is 0 Å². The zero-order valence-corrected chi connectivity index (χ0v) is 20.9. The fourth-order valence-electron chi connectivity index (χ4n) is 3.56. The third-order valence-electron chi connectivity index (χ3n) is 5.00. The minimum atomic E-state index is -0.858. The van der Waals surface area contributed by atoms with Crippen LogP contribution in [0.4, 0.5) is 0 Å². The van der Waals surface area contributed by atoms with Crippen LogP contribution in [0.2, 0.25) is 0 Å². The quantitative estimate of drug-likeness (QED) is 0.400. The van der Waals surface area contributed by atoms with Crippen molar-refractivity contribution >= 4 is 67.9 Å². The van der Waals surface area contributed by atoms with Crippen molar-refractivity contribution in [2.45, 2.75) is 23.6 Å². The number of esters is 1. The molecule has 0 saturated carbocycles. The molecule has 2 aliphatic heterocycles. The lowest BCUT2D eigenvalue weighted by Crippen LogP contribution is -2.72. The number of fused-ring (bicyclic) bond motifs is 1. The van der Waals surface area contributed by atoms with Gasteiger partial charge in [-0.05, 0) is 60.0 Å². The van der Waals surface area contributed by atoms with E-state index in [4.69, 9.17) is 10.5 Å². The number of carbonyl (C=O) groups is 2. The summed E-state index contributed by atoms with van der Waals surface area (Å²) in [5.41, 5.74) is 8.31. The Hall–Kier alpha value is -1.58. The second kappa shape index (κ2) is 10.4. The number of nitrogens with zero attached hydrogens (tertiary/aromatic N) is 1. The maximum absolute atomic E-state index is 13.4. The monoisotopic (exact) mass is 584 g/mol. The molecule has 2 aromatic rings. The van der Waals surface area contributed by atoms with Crippen LogP contribution in [-0.4, -0.2) is 34.2 Å². The van der Waals surface area contributed by atoms with E-state index in [0.717, 1.165) is 11.1 Å². The Morgan fingerprint density at radius 1 is 1.06 bits per heavy atom. The van der Waals surface area contributed by atoms with Crippen LogP contribution in [-0.2, 0) is 14.3 Å². The molecule has 162 valence electrons. The summed E-state index contributed by atoms with van der Waals surface area (Å²) in [6.07, 6.45) is 1.17. The molecule has 2 N–H and O–H groups in total. The van der Waals surface area contributed by atoms with Gasteiger partial charge in [0.05, 0.1) is 3.39 Å². The second-order valence-corrected chi connectivity index (χ2v) is 10.7. The number of amides is 1. The van der Waals surface area contributed by atoms with E-state index < -0.39 is 24.2 Å². The lowest BCUT2D eigenvalue weighted by Gasteiger charge is -2.50. The Bertz CT molecular complexity index is 976. The van der Waals surface area contributed by atoms with E-state index in [1.807, 2.05) is 66.1 Å². The molecule has 1 saturated heterocycles. The zero-order valence-electron chi connectivity index (χ0n) is 16.1. The third-order valence-corrected chi connectivity index (χ3v) is 6.66. The summed E-state index contributed by atoms with van der Waals surface area (Å²) in [6.45, 7) is 0. The average molecular weight is 587 g/mol. The molecule has 0 aromatic heterocycles. The molecule has 0 spiro atoms. The molecular weight excluding hydrogens is 568 g/mol. The maximum atomic E-state index is 13.4. The fraction of sp³-hybridized carbons (Fsp3) is 0.182. The summed E-state index contributed by atoms with van der Waals surface area (Å²) in [5, 5.41) is 1.59. The number of halogens is 3. The lowest BCUT2D eigenvalue weighted by molar-refractivity contribution is -0.163. The molecule has 2 aliphatic rings. The van der Waals surface area contributed by atoms with E-state index in [2.05, 4.69) is 31.9 Å². The van der Waals surface area contributed by atoms with E-state index in [9.17, 15) is 9.59 Å². The van der Waals surface area contributed by atoms with Crippen molar-refractivity contribution in [2.75, 3.05) is 0 Å². The number of nitrogens with two attached hydrogens (primary N) is 1. The van der Waals surface area contributed by atoms with Gasteiger partial charge >= 0.3 is 5.97 Å². The Morgan fingerprint density at radius 3 is 2.13 bits per heavy atom. The van der Waals surface area contributed by atoms with E-state index >= 15 is 0 Å². The number of carbonyl (C=O) groups excluding carboxylic acids is 2. The van der Waals surface area contributed by atoms with E-state index in [0.29, 0.717) is 8.96 Å². The second-order valence-electron chi connectivity index (χ2n) is 6.89. The van der Waals surface area contributed by atoms with E-state index in [1.54, 1.807) is 6.08 Å². The highest BCUT2D eigenvalue weighted by Gasteiger charge is 2.54. The largest absolute Gasteiger partial charge is 0.451 e. The number of β-lactam (4-membered cyclic amide) rings is 1. The fourth-order valence-corrected chi connectivity index (χ4v) is 5.23. The number of rotatable bonds is 5. The molecule has 31 heavy (non-hydrogen) atoms. The van der Waals surface area contributed by atoms with Crippen molar-refractivity contribution in [3.05, 3.63) is 92.2 Å². The van der Waals surface area contributed by atoms with Crippen molar-refractivity contribution in [2.24, 2.45) is 5.73 Å². The molecule has 0 radical (unpaired) electrons. The van der Waals surface area contributed by atoms with Crippen molar-refractivity contribution < 1.29 is 14.3 Å². The van der Waals surface area contributed by atoms with Gasteiger partial charge in [0.1, 0.15) is 11.4 Å². The molecule has 0 bridgehead atoms. The van der Waals surface area contributed by atoms with Crippen molar-refractivity contribution in [1.82, 2.24) is 4.90 Å². The highest BCUT2D eigenvalue weighted by molar-refractivity contribution is 9.28. The van der Waals surface area contributed by atoms with Crippen molar-refractivity contribution in [3.63, 3.8) is 0 Å². The maximum Gasteiger partial charge on any atom is 0.334 e. The predicted octanol–water partition coefficient (Wildman–Crippen LogP) is 4.87. The lowest BCUT2D eigenvalue weighted by atomic mass is 9.98. The van der Waals surface area contributed by atoms with Gasteiger partial charge in [-0.15, -0.1) is 24.2 Å². The van der Waals surface area contributed by atoms with Gasteiger partial charge in [-0.2, -0.15) is 0 Å². The van der Waals surface area contributed by atoms with Crippen LogP contribution in [0, 0.1) is 0 Å². The van der Waals surface area contributed by atoms with Gasteiger partial charge in [0.2, 0.25) is 5.91 Å². The SMILES string of the molecule is Cl.NC1C(=O)N2C(C(=O)OC(c3ccccc3)c3ccccc3)C(C=C(Br)Br)=CS[C@@H]12. The smallest absolute Gasteiger partial charge is 0.334 e. The van der Waals surface area contributed by atoms with Crippen LogP contribution >= 0.6 is 56.0 Å². The average Bonchev–Trinajstić information content (AvgIpc) is 2.77. The Balaban J connectivity index is 0.00000272. The minimum absolute atomic E-state index is 0. The summed E-state index contributed by atoms with van der Waals surface area (Å²) < 4.78 is 6.69. The highest BCUT2D eigenvalue weighted by Crippen LogP contribution is 2.41. The normalized spacial score (nSPS) is 21.9. The first-order chi connectivity index (χ1) is 14.5. The highest BCUT2D eigenvalue weighted by atomic mass is 79.9. The first kappa shape index (κ1) is 24.1. The summed E-state index contributed by atoms with van der Waals surface area (Å²) in [5.74, 6) is -0.753. The zero-order chi connectivity index (χ0) is 21.3. The molecule has 9 heteroatoms. The third kappa shape index (κ3) is 4.93. The summed E-state index contributed by atoms with van der Waals surface area (Å²) in [6, 6.07) is 17.6. The van der Waals surface area contributed by atoms with Gasteiger partial charge < -0.3 is 15.4 Å². The first-order valence-corrected chi connectivity index (χ1v) is 11.8. The molecule has 2 aromatic carbocycles. The molecule has 1 fully saturated rings. The summed E-state index contributed by atoms with van der Waals surface area (Å²) in [7, 11) is 0. The van der Waals surface area contributed by atoms with Crippen molar-refractivity contribution in [1.29, 1.82) is 0 Å². The molecule has 1 amide bonds. The Morgan fingerprint density at radius 2 is 1.61 bits per heavy atom. The van der Waals surface area contributed by atoms with Gasteiger partial charge in [-0.25, -0.2) is 4.79 Å². The standard InChI is InChI=1S/C22H18Br2N2O3S.ClH/c23-16(24)11-15-12-30-21-17(25)20(27)26(21)18(15)22(28)29-19(13-7-3-1-4-8-13)14-9-5-2-6-10-14;/h1-12,17-19,21H,25H2;1H/t17?,18?,21-;/m0./s1. The first-order valence-electron chi connectivity index (χ1n) is 9.23. The molecule has 0 aliphatic carbocycles. The molecule has 3 atom stereocenters. The van der Waals surface area contributed by atoms with Crippen LogP contribution in [0.15, 0.2) is 81.1 Å². The molecule has 5 nitrogen and oxygen atoms in total. The van der Waals surface area contributed by atoms with Gasteiger partial charge in [0, 0.05) is 0 Å². The molecule has 2 heterocycles. The van der Waals surface area contributed by atoms with E-state index in [1.165, 1.54) is 16.7 Å². The minimum Gasteiger partial charge on any atom is -0.451 e. The molecular formula is C22H19Br2ClN2O3S. The topological polar surface area (TPSA) is 72.6 Å². The summed E-state index contributed by atoms with van der Waals surface area (Å²) >= 11 is 8.11. The van der Waals surface area contributed by atoms with Gasteiger partial charge in [-0.3, -0.25) is 4.79 Å². The Labute approximate surface area is 207 Å². The number of hydrogen-bond donors (Lipinski definition) is 1. The van der Waals surface area contributed by atoms with Gasteiger partial charge in [0.25, 0.3) is 0 Å². The number of ether oxygens (including phenoxy) is 1. The van der Waals surface area contributed by atoms with Crippen molar-refractivity contribution in [3.8, 4) is 0 Å². The molecule has 2 unspecified atom stereocenters.